The zero-order valence-corrected chi connectivity index (χ0v) is 17.8. The molecule has 3 aromatic carbocycles. The summed E-state index contributed by atoms with van der Waals surface area (Å²) in [4.78, 5) is 31.4. The fourth-order valence-corrected chi connectivity index (χ4v) is 4.46. The molecule has 2 heterocycles. The molecule has 5 aromatic rings. The molecule has 0 fully saturated rings. The van der Waals surface area contributed by atoms with Gasteiger partial charge in [-0.25, -0.2) is 9.78 Å². The van der Waals surface area contributed by atoms with Gasteiger partial charge in [0, 0.05) is 23.3 Å². The van der Waals surface area contributed by atoms with Crippen LogP contribution in [0.25, 0.3) is 22.4 Å². The van der Waals surface area contributed by atoms with Crippen molar-refractivity contribution in [3.05, 3.63) is 106 Å². The van der Waals surface area contributed by atoms with E-state index in [0.29, 0.717) is 28.3 Å². The number of nitrogens with zero attached hydrogens (tertiary/aromatic N) is 1. The minimum atomic E-state index is -0.491. The Balaban J connectivity index is 1.34. The number of oxazole rings is 1. The number of benzene rings is 3. The van der Waals surface area contributed by atoms with Crippen LogP contribution >= 0.6 is 11.3 Å². The van der Waals surface area contributed by atoms with Crippen LogP contribution in [-0.2, 0) is 4.79 Å². The maximum atomic E-state index is 12.9. The molecule has 32 heavy (non-hydrogen) atoms. The number of H-pyrrole nitrogens is 1. The van der Waals surface area contributed by atoms with Gasteiger partial charge in [0.2, 0.25) is 5.91 Å². The van der Waals surface area contributed by atoms with Crippen LogP contribution < -0.4 is 11.1 Å². The smallest absolute Gasteiger partial charge is 0.408 e. The molecule has 0 spiro atoms. The lowest BCUT2D eigenvalue weighted by Gasteiger charge is -2.17. The minimum Gasteiger partial charge on any atom is -0.408 e. The van der Waals surface area contributed by atoms with Crippen molar-refractivity contribution in [3.8, 4) is 11.3 Å². The summed E-state index contributed by atoms with van der Waals surface area (Å²) in [7, 11) is 0. The first-order valence-electron chi connectivity index (χ1n) is 10.1. The standard InChI is InChI=1S/C25H19N3O3S/c29-23(14-19(16-7-3-1-4-8-16)17-9-5-2-6-10-17)28-24-26-21(15-32-24)18-11-12-20-22(13-18)31-25(30)27-20/h1-13,15,19H,14H2,(H,27,30)(H,26,28,29). The Kier molecular flexibility index (Phi) is 5.39. The highest BCUT2D eigenvalue weighted by molar-refractivity contribution is 7.14. The van der Waals surface area contributed by atoms with Crippen LogP contribution in [-0.4, -0.2) is 15.9 Å². The first-order valence-corrected chi connectivity index (χ1v) is 11.0. The van der Waals surface area contributed by atoms with Crippen molar-refractivity contribution < 1.29 is 9.21 Å². The molecule has 6 nitrogen and oxygen atoms in total. The molecule has 0 saturated carbocycles. The third-order valence-corrected chi connectivity index (χ3v) is 6.02. The number of aromatic nitrogens is 2. The molecule has 5 rings (SSSR count). The van der Waals surface area contributed by atoms with E-state index in [1.54, 1.807) is 12.1 Å². The molecule has 1 amide bonds. The number of thiazole rings is 1. The average molecular weight is 442 g/mol. The Bertz CT molecular complexity index is 1380. The second-order valence-electron chi connectivity index (χ2n) is 7.39. The SMILES string of the molecule is O=C(CC(c1ccccc1)c1ccccc1)Nc1nc(-c2ccc3[nH]c(=O)oc3c2)cs1. The van der Waals surface area contributed by atoms with E-state index in [1.165, 1.54) is 11.3 Å². The Hall–Kier alpha value is -3.97. The van der Waals surface area contributed by atoms with Crippen molar-refractivity contribution in [1.29, 1.82) is 0 Å². The number of anilines is 1. The fraction of sp³-hybridized carbons (Fsp3) is 0.0800. The molecule has 0 atom stereocenters. The first kappa shape index (κ1) is 20.0. The van der Waals surface area contributed by atoms with Gasteiger partial charge < -0.3 is 9.73 Å². The number of fused-ring (bicyclic) bond motifs is 1. The number of hydrogen-bond donors (Lipinski definition) is 2. The second-order valence-corrected chi connectivity index (χ2v) is 8.25. The summed E-state index contributed by atoms with van der Waals surface area (Å²) in [5.74, 6) is -0.638. The summed E-state index contributed by atoms with van der Waals surface area (Å²) in [6.45, 7) is 0. The van der Waals surface area contributed by atoms with E-state index in [9.17, 15) is 9.59 Å². The topological polar surface area (TPSA) is 88.0 Å². The highest BCUT2D eigenvalue weighted by Gasteiger charge is 2.19. The zero-order valence-electron chi connectivity index (χ0n) is 16.9. The van der Waals surface area contributed by atoms with Crippen molar-refractivity contribution in [3.63, 3.8) is 0 Å². The molecule has 0 aliphatic heterocycles. The second kappa shape index (κ2) is 8.64. The molecule has 0 saturated heterocycles. The van der Waals surface area contributed by atoms with E-state index in [4.69, 9.17) is 4.42 Å². The van der Waals surface area contributed by atoms with E-state index in [2.05, 4.69) is 15.3 Å². The maximum absolute atomic E-state index is 12.9. The Morgan fingerprint density at radius 3 is 2.38 bits per heavy atom. The molecular formula is C25H19N3O3S. The van der Waals surface area contributed by atoms with E-state index >= 15 is 0 Å². The molecule has 0 radical (unpaired) electrons. The minimum absolute atomic E-state index is 0.0456. The predicted octanol–water partition coefficient (Wildman–Crippen LogP) is 5.41. The van der Waals surface area contributed by atoms with Crippen LogP contribution in [0.5, 0.6) is 0 Å². The van der Waals surface area contributed by atoms with Crippen LogP contribution in [0, 0.1) is 0 Å². The molecule has 0 bridgehead atoms. The van der Waals surface area contributed by atoms with Crippen molar-refractivity contribution in [2.45, 2.75) is 12.3 Å². The number of carbonyl (C=O) groups excluding carboxylic acids is 1. The number of hydrogen-bond acceptors (Lipinski definition) is 5. The lowest BCUT2D eigenvalue weighted by Crippen LogP contribution is -2.16. The summed E-state index contributed by atoms with van der Waals surface area (Å²) in [6, 6.07) is 25.4. The van der Waals surface area contributed by atoms with E-state index < -0.39 is 5.76 Å². The van der Waals surface area contributed by atoms with Crippen molar-refractivity contribution in [2.24, 2.45) is 0 Å². The molecular weight excluding hydrogens is 422 g/mol. The van der Waals surface area contributed by atoms with Gasteiger partial charge in [0.15, 0.2) is 10.7 Å². The number of amides is 1. The van der Waals surface area contributed by atoms with E-state index in [0.717, 1.165) is 16.7 Å². The molecule has 2 N–H and O–H groups in total. The summed E-state index contributed by atoms with van der Waals surface area (Å²) in [5.41, 5.74) is 4.81. The normalized spacial score (nSPS) is 11.2. The van der Waals surface area contributed by atoms with Gasteiger partial charge in [-0.2, -0.15) is 0 Å². The van der Waals surface area contributed by atoms with E-state index in [-0.39, 0.29) is 11.8 Å². The van der Waals surface area contributed by atoms with Gasteiger partial charge >= 0.3 is 5.76 Å². The van der Waals surface area contributed by atoms with Crippen molar-refractivity contribution in [1.82, 2.24) is 9.97 Å². The monoisotopic (exact) mass is 441 g/mol. The number of aromatic amines is 1. The van der Waals surface area contributed by atoms with Gasteiger partial charge in [0.1, 0.15) is 0 Å². The quantitative estimate of drug-likeness (QED) is 0.369. The maximum Gasteiger partial charge on any atom is 0.417 e. The lowest BCUT2D eigenvalue weighted by atomic mass is 9.88. The van der Waals surface area contributed by atoms with Gasteiger partial charge in [0.05, 0.1) is 11.2 Å². The van der Waals surface area contributed by atoms with Crippen LogP contribution in [0.3, 0.4) is 0 Å². The Labute approximate surface area is 187 Å². The largest absolute Gasteiger partial charge is 0.417 e. The summed E-state index contributed by atoms with van der Waals surface area (Å²) in [5, 5.41) is 5.33. The average Bonchev–Trinajstić information content (AvgIpc) is 3.43. The predicted molar refractivity (Wildman–Crippen MR) is 126 cm³/mol. The molecule has 0 unspecified atom stereocenters. The lowest BCUT2D eigenvalue weighted by molar-refractivity contribution is -0.116. The molecule has 2 aromatic heterocycles. The number of carbonyl (C=O) groups is 1. The van der Waals surface area contributed by atoms with E-state index in [1.807, 2.05) is 72.1 Å². The van der Waals surface area contributed by atoms with Crippen LogP contribution in [0.2, 0.25) is 0 Å². The number of nitrogens with one attached hydrogen (secondary N) is 2. The first-order chi connectivity index (χ1) is 15.7. The third-order valence-electron chi connectivity index (χ3n) is 5.26. The molecule has 0 aliphatic rings. The van der Waals surface area contributed by atoms with Gasteiger partial charge in [-0.05, 0) is 23.3 Å². The highest BCUT2D eigenvalue weighted by Crippen LogP contribution is 2.30. The van der Waals surface area contributed by atoms with Crippen molar-refractivity contribution >= 4 is 33.5 Å². The molecule has 0 aliphatic carbocycles. The van der Waals surface area contributed by atoms with Crippen LogP contribution in [0.1, 0.15) is 23.5 Å². The Morgan fingerprint density at radius 1 is 1.00 bits per heavy atom. The van der Waals surface area contributed by atoms with Crippen molar-refractivity contribution in [2.75, 3.05) is 5.32 Å². The summed E-state index contributed by atoms with van der Waals surface area (Å²) in [6.07, 6.45) is 0.309. The summed E-state index contributed by atoms with van der Waals surface area (Å²) >= 11 is 1.36. The van der Waals surface area contributed by atoms with Gasteiger partial charge in [-0.1, -0.05) is 66.7 Å². The van der Waals surface area contributed by atoms with Crippen LogP contribution in [0.15, 0.2) is 93.5 Å². The van der Waals surface area contributed by atoms with Gasteiger partial charge in [0.25, 0.3) is 0 Å². The third kappa shape index (κ3) is 4.24. The zero-order chi connectivity index (χ0) is 21.9. The molecule has 158 valence electrons. The van der Waals surface area contributed by atoms with Gasteiger partial charge in [-0.3, -0.25) is 9.78 Å². The number of rotatable bonds is 6. The van der Waals surface area contributed by atoms with Gasteiger partial charge in [-0.15, -0.1) is 11.3 Å². The highest BCUT2D eigenvalue weighted by atomic mass is 32.1. The fourth-order valence-electron chi connectivity index (χ4n) is 3.72. The molecule has 7 heteroatoms. The van der Waals surface area contributed by atoms with Crippen LogP contribution in [0.4, 0.5) is 5.13 Å². The Morgan fingerprint density at radius 2 is 1.69 bits per heavy atom. The summed E-state index contributed by atoms with van der Waals surface area (Å²) < 4.78 is 5.12.